The van der Waals surface area contributed by atoms with Crippen molar-refractivity contribution in [2.45, 2.75) is 96.8 Å². The van der Waals surface area contributed by atoms with Crippen LogP contribution in [0.5, 0.6) is 0 Å². The van der Waals surface area contributed by atoms with Gasteiger partial charge in [-0.3, -0.25) is 0 Å². The summed E-state index contributed by atoms with van der Waals surface area (Å²) in [6.45, 7) is 9.09. The molecule has 0 aliphatic heterocycles. The quantitative estimate of drug-likeness (QED) is 0.151. The highest BCUT2D eigenvalue weighted by Gasteiger charge is 2.29. The average molecular weight is 742 g/mol. The first-order valence-electron chi connectivity index (χ1n) is 21.6. The third-order valence-electron chi connectivity index (χ3n) is 13.9. The molecule has 0 saturated heterocycles. The molecule has 9 aromatic rings. The molecule has 0 atom stereocenters. The number of hydrogen-bond acceptors (Lipinski definition) is 2. The van der Waals surface area contributed by atoms with Crippen molar-refractivity contribution >= 4 is 71.3 Å². The van der Waals surface area contributed by atoms with Gasteiger partial charge in [-0.05, 0) is 136 Å². The number of para-hydroxylation sites is 2. The summed E-state index contributed by atoms with van der Waals surface area (Å²) in [5.41, 5.74) is 14.8. The minimum atomic E-state index is 0.398. The summed E-state index contributed by atoms with van der Waals surface area (Å²) in [6.07, 6.45) is 10.4. The van der Waals surface area contributed by atoms with E-state index in [9.17, 15) is 0 Å². The van der Waals surface area contributed by atoms with Crippen molar-refractivity contribution in [2.75, 3.05) is 4.90 Å². The predicted octanol–water partition coefficient (Wildman–Crippen LogP) is 16.7. The molecule has 0 spiro atoms. The number of benzene rings is 8. The molecule has 57 heavy (non-hydrogen) atoms. The normalized spacial score (nSPS) is 15.5. The molecule has 1 heterocycles. The molecule has 2 saturated carbocycles. The van der Waals surface area contributed by atoms with Gasteiger partial charge in [-0.2, -0.15) is 0 Å². The van der Waals surface area contributed by atoms with E-state index in [0.717, 1.165) is 38.9 Å². The van der Waals surface area contributed by atoms with E-state index in [1.54, 1.807) is 5.56 Å². The Morgan fingerprint density at radius 3 is 1.79 bits per heavy atom. The summed E-state index contributed by atoms with van der Waals surface area (Å²) in [6, 6.07) is 46.3. The summed E-state index contributed by atoms with van der Waals surface area (Å²) in [4.78, 5) is 2.53. The van der Waals surface area contributed by atoms with Crippen molar-refractivity contribution in [1.82, 2.24) is 0 Å². The zero-order valence-corrected chi connectivity index (χ0v) is 33.8. The number of hydrogen-bond donors (Lipinski definition) is 0. The maximum absolute atomic E-state index is 7.25. The van der Waals surface area contributed by atoms with Crippen LogP contribution in [0.2, 0.25) is 0 Å². The van der Waals surface area contributed by atoms with Gasteiger partial charge in [0, 0.05) is 27.4 Å². The Labute approximate surface area is 336 Å². The van der Waals surface area contributed by atoms with Crippen molar-refractivity contribution in [2.24, 2.45) is 0 Å². The Morgan fingerprint density at radius 2 is 1.09 bits per heavy atom. The van der Waals surface area contributed by atoms with Crippen LogP contribution in [0.15, 0.2) is 126 Å². The second kappa shape index (κ2) is 13.5. The van der Waals surface area contributed by atoms with E-state index in [2.05, 4.69) is 154 Å². The molecule has 0 radical (unpaired) electrons. The van der Waals surface area contributed by atoms with Crippen LogP contribution in [0, 0.1) is 13.8 Å². The van der Waals surface area contributed by atoms with E-state index in [1.165, 1.54) is 117 Å². The summed E-state index contributed by atoms with van der Waals surface area (Å²) in [7, 11) is 0. The van der Waals surface area contributed by atoms with Crippen LogP contribution < -0.4 is 4.90 Å². The fourth-order valence-corrected chi connectivity index (χ4v) is 11.1. The van der Waals surface area contributed by atoms with Gasteiger partial charge in [0.05, 0.1) is 11.4 Å². The fourth-order valence-electron chi connectivity index (χ4n) is 11.1. The molecule has 0 N–H and O–H groups in total. The third-order valence-corrected chi connectivity index (χ3v) is 13.9. The number of rotatable bonds is 7. The molecule has 2 fully saturated rings. The van der Waals surface area contributed by atoms with E-state index in [1.807, 2.05) is 0 Å². The number of anilines is 3. The summed E-state index contributed by atoms with van der Waals surface area (Å²) >= 11 is 0. The van der Waals surface area contributed by atoms with Gasteiger partial charge < -0.3 is 9.32 Å². The van der Waals surface area contributed by atoms with E-state index in [4.69, 9.17) is 4.42 Å². The number of fused-ring (bicyclic) bond motifs is 3. The van der Waals surface area contributed by atoms with Crippen molar-refractivity contribution in [3.8, 4) is 11.1 Å². The lowest BCUT2D eigenvalue weighted by atomic mass is 9.82. The Hall–Kier alpha value is -5.60. The van der Waals surface area contributed by atoms with Crippen LogP contribution >= 0.6 is 0 Å². The van der Waals surface area contributed by atoms with Crippen LogP contribution in [0.4, 0.5) is 17.1 Å². The Balaban J connectivity index is 1.23. The largest absolute Gasteiger partial charge is 0.453 e. The second-order valence-electron chi connectivity index (χ2n) is 17.7. The molecule has 282 valence electrons. The summed E-state index contributed by atoms with van der Waals surface area (Å²) in [5.74, 6) is 1.60. The molecule has 0 amide bonds. The van der Waals surface area contributed by atoms with Gasteiger partial charge in [0.15, 0.2) is 5.58 Å². The van der Waals surface area contributed by atoms with Crippen LogP contribution in [0.3, 0.4) is 0 Å². The monoisotopic (exact) mass is 741 g/mol. The summed E-state index contributed by atoms with van der Waals surface area (Å²) in [5, 5.41) is 10.8. The molecule has 8 aromatic carbocycles. The molecular weight excluding hydrogens is 691 g/mol. The zero-order chi connectivity index (χ0) is 38.4. The highest BCUT2D eigenvalue weighted by Crippen LogP contribution is 2.52. The van der Waals surface area contributed by atoms with Gasteiger partial charge in [0.25, 0.3) is 0 Å². The van der Waals surface area contributed by atoms with Crippen molar-refractivity contribution in [3.05, 3.63) is 149 Å². The van der Waals surface area contributed by atoms with E-state index < -0.39 is 0 Å². The SMILES string of the molecule is Cc1ccc(N(c2cc(C3CCCC3)c3ccc4c(C)cc(C5CCCC5)c5ccc2c3c45)c2cccc3c2oc2c(-c4ccccc4C(C)C)cccc23)cc1. The lowest BCUT2D eigenvalue weighted by Crippen LogP contribution is -2.12. The second-order valence-corrected chi connectivity index (χ2v) is 17.7. The predicted molar refractivity (Wildman–Crippen MR) is 244 cm³/mol. The van der Waals surface area contributed by atoms with Gasteiger partial charge in [-0.25, -0.2) is 0 Å². The standard InChI is InChI=1S/C55H51NO/c1-33(2)39-17-9-10-18-41(39)44-19-11-20-45-46-21-12-22-50(55(46)57-54(44)45)56(38-25-23-34(3)24-26-38)51-32-49(37-15-7-8-16-37)43-28-27-40-35(4)31-48(36-13-5-6-14-36)42-29-30-47(51)53(43)52(40)42/h9-12,17-33,36-37H,5-8,13-16H2,1-4H3. The van der Waals surface area contributed by atoms with E-state index in [-0.39, 0.29) is 0 Å². The third kappa shape index (κ3) is 5.43. The van der Waals surface area contributed by atoms with Crippen molar-refractivity contribution < 1.29 is 4.42 Å². The lowest BCUT2D eigenvalue weighted by molar-refractivity contribution is 0.670. The topological polar surface area (TPSA) is 16.4 Å². The molecule has 0 bridgehead atoms. The first kappa shape index (κ1) is 34.6. The molecule has 2 heteroatoms. The van der Waals surface area contributed by atoms with Crippen LogP contribution in [-0.4, -0.2) is 0 Å². The average Bonchev–Trinajstić information content (AvgIpc) is 4.04. The first-order chi connectivity index (χ1) is 27.9. The minimum Gasteiger partial charge on any atom is -0.453 e. The Bertz CT molecular complexity index is 2970. The number of nitrogens with zero attached hydrogens (tertiary/aromatic N) is 1. The van der Waals surface area contributed by atoms with E-state index in [0.29, 0.717) is 17.8 Å². The van der Waals surface area contributed by atoms with E-state index >= 15 is 0 Å². The van der Waals surface area contributed by atoms with Crippen LogP contribution in [0.1, 0.15) is 111 Å². The molecular formula is C55H51NO. The van der Waals surface area contributed by atoms with Gasteiger partial charge >= 0.3 is 0 Å². The zero-order valence-electron chi connectivity index (χ0n) is 33.8. The maximum Gasteiger partial charge on any atom is 0.159 e. The smallest absolute Gasteiger partial charge is 0.159 e. The van der Waals surface area contributed by atoms with Gasteiger partial charge in [0.2, 0.25) is 0 Å². The van der Waals surface area contributed by atoms with Crippen LogP contribution in [-0.2, 0) is 0 Å². The molecule has 1 aromatic heterocycles. The van der Waals surface area contributed by atoms with Crippen molar-refractivity contribution in [3.63, 3.8) is 0 Å². The molecule has 0 unspecified atom stereocenters. The number of furan rings is 1. The van der Waals surface area contributed by atoms with Gasteiger partial charge in [-0.1, -0.05) is 142 Å². The Kier molecular flexibility index (Phi) is 8.21. The first-order valence-corrected chi connectivity index (χ1v) is 21.6. The highest BCUT2D eigenvalue weighted by atomic mass is 16.3. The molecule has 2 nitrogen and oxygen atoms in total. The highest BCUT2D eigenvalue weighted by molar-refractivity contribution is 6.28. The minimum absolute atomic E-state index is 0.398. The Morgan fingerprint density at radius 1 is 0.509 bits per heavy atom. The molecule has 2 aliphatic carbocycles. The molecule has 11 rings (SSSR count). The van der Waals surface area contributed by atoms with Crippen LogP contribution in [0.25, 0.3) is 65.4 Å². The molecule has 2 aliphatic rings. The van der Waals surface area contributed by atoms with Gasteiger partial charge in [-0.15, -0.1) is 0 Å². The number of aryl methyl sites for hydroxylation is 2. The lowest BCUT2D eigenvalue weighted by Gasteiger charge is -2.30. The van der Waals surface area contributed by atoms with Gasteiger partial charge in [0.1, 0.15) is 5.58 Å². The summed E-state index contributed by atoms with van der Waals surface area (Å²) < 4.78 is 7.25. The maximum atomic E-state index is 7.25. The fraction of sp³-hybridized carbons (Fsp3) is 0.273. The van der Waals surface area contributed by atoms with Crippen molar-refractivity contribution in [1.29, 1.82) is 0 Å².